The maximum atomic E-state index is 12.3. The molecule has 6 rings (SSSR count). The van der Waals surface area contributed by atoms with Gasteiger partial charge in [-0.1, -0.05) is 13.8 Å². The van der Waals surface area contributed by atoms with Crippen LogP contribution in [-0.4, -0.2) is 37.1 Å². The Morgan fingerprint density at radius 2 is 1.94 bits per heavy atom. The van der Waals surface area contributed by atoms with Crippen LogP contribution in [0.3, 0.4) is 0 Å². The fraction of sp³-hybridized carbons (Fsp3) is 0.286. The van der Waals surface area contributed by atoms with Crippen molar-refractivity contribution in [3.05, 3.63) is 83.6 Å². The highest BCUT2D eigenvalue weighted by molar-refractivity contribution is 5.98. The molecule has 8 heteroatoms. The molecule has 4 aromatic rings. The van der Waals surface area contributed by atoms with Crippen molar-refractivity contribution in [2.45, 2.75) is 44.6 Å². The van der Waals surface area contributed by atoms with E-state index < -0.39 is 0 Å². The molecule has 36 heavy (non-hydrogen) atoms. The molecule has 2 aliphatic rings. The molecule has 0 unspecified atom stereocenters. The Kier molecular flexibility index (Phi) is 5.34. The van der Waals surface area contributed by atoms with Gasteiger partial charge in [0.2, 0.25) is 0 Å². The van der Waals surface area contributed by atoms with Crippen LogP contribution < -0.4 is 10.6 Å². The third-order valence-corrected chi connectivity index (χ3v) is 7.00. The van der Waals surface area contributed by atoms with Crippen molar-refractivity contribution >= 4 is 17.4 Å². The Morgan fingerprint density at radius 3 is 2.69 bits per heavy atom. The summed E-state index contributed by atoms with van der Waals surface area (Å²) in [6.45, 7) is 4.61. The number of nitrogens with zero attached hydrogens (tertiary/aromatic N) is 4. The van der Waals surface area contributed by atoms with E-state index in [4.69, 9.17) is 4.98 Å². The van der Waals surface area contributed by atoms with E-state index in [2.05, 4.69) is 40.6 Å². The number of carbonyl (C=O) groups excluding carboxylic acids is 1. The van der Waals surface area contributed by atoms with Crippen LogP contribution >= 0.6 is 0 Å². The predicted octanol–water partition coefficient (Wildman–Crippen LogP) is 4.46. The van der Waals surface area contributed by atoms with Crippen molar-refractivity contribution in [2.24, 2.45) is 0 Å². The largest absolute Gasteiger partial charge is 0.391 e. The minimum atomic E-state index is -0.190. The lowest BCUT2D eigenvalue weighted by Crippen LogP contribution is -2.43. The fourth-order valence-corrected chi connectivity index (χ4v) is 4.63. The van der Waals surface area contributed by atoms with E-state index >= 15 is 0 Å². The van der Waals surface area contributed by atoms with Crippen molar-refractivity contribution in [3.63, 3.8) is 0 Å². The molecule has 3 heterocycles. The van der Waals surface area contributed by atoms with Crippen molar-refractivity contribution < 1.29 is 9.90 Å². The van der Waals surface area contributed by atoms with Gasteiger partial charge >= 0.3 is 0 Å². The molecule has 1 amide bonds. The van der Waals surface area contributed by atoms with Crippen LogP contribution in [0.1, 0.15) is 59.8 Å². The summed E-state index contributed by atoms with van der Waals surface area (Å²) in [5, 5.41) is 16.2. The molecule has 1 aliphatic heterocycles. The molecular formula is C28H28N6O2. The third-order valence-electron chi connectivity index (χ3n) is 7.00. The van der Waals surface area contributed by atoms with E-state index in [9.17, 15) is 9.90 Å². The molecule has 3 N–H and O–H groups in total. The molecule has 182 valence electrons. The molecule has 0 spiro atoms. The lowest BCUT2D eigenvalue weighted by atomic mass is 9.79. The van der Waals surface area contributed by atoms with Crippen molar-refractivity contribution in [2.75, 3.05) is 11.9 Å². The number of hydrogen-bond donors (Lipinski definition) is 3. The first-order valence-electron chi connectivity index (χ1n) is 12.2. The van der Waals surface area contributed by atoms with Gasteiger partial charge in [0.05, 0.1) is 18.6 Å². The second kappa shape index (κ2) is 8.57. The van der Waals surface area contributed by atoms with E-state index in [0.29, 0.717) is 35.2 Å². The van der Waals surface area contributed by atoms with Gasteiger partial charge in [-0.25, -0.2) is 15.0 Å². The van der Waals surface area contributed by atoms with Crippen LogP contribution in [0.15, 0.2) is 61.2 Å². The molecule has 2 aromatic carbocycles. The van der Waals surface area contributed by atoms with Gasteiger partial charge in [0.15, 0.2) is 5.82 Å². The highest BCUT2D eigenvalue weighted by atomic mass is 16.3. The maximum absolute atomic E-state index is 12.3. The standard InChI is InChI=1S/C28H28N6O2/c1-28(2)15-30-27(36)22-10-7-20(11-23(22)28)32-26-19(14-35)12-29-25(33-26)18-5-8-21(9-6-18)34-13-24(31-16-34)17-3-4-17/h5-13,16-17,35H,3-4,14-15H2,1-2H3,(H,30,36)(H,29,32,33). The number of anilines is 2. The lowest BCUT2D eigenvalue weighted by Gasteiger charge is -2.32. The van der Waals surface area contributed by atoms with Gasteiger partial charge < -0.3 is 20.3 Å². The minimum Gasteiger partial charge on any atom is -0.391 e. The summed E-state index contributed by atoms with van der Waals surface area (Å²) in [4.78, 5) is 26.0. The van der Waals surface area contributed by atoms with E-state index in [1.807, 2.05) is 53.4 Å². The zero-order valence-corrected chi connectivity index (χ0v) is 20.3. The number of imidazole rings is 1. The van der Waals surface area contributed by atoms with Crippen molar-refractivity contribution in [3.8, 4) is 17.1 Å². The number of benzene rings is 2. The number of amides is 1. The molecule has 1 saturated carbocycles. The molecule has 1 fully saturated rings. The predicted molar refractivity (Wildman–Crippen MR) is 138 cm³/mol. The number of hydrogen-bond acceptors (Lipinski definition) is 6. The highest BCUT2D eigenvalue weighted by Gasteiger charge is 2.31. The molecule has 1 aliphatic carbocycles. The number of aromatic nitrogens is 4. The SMILES string of the molecule is CC1(C)CNC(=O)c2ccc(Nc3nc(-c4ccc(-n5cnc(C6CC6)c5)cc4)ncc3CO)cc21. The molecule has 0 saturated heterocycles. The molecule has 0 radical (unpaired) electrons. The van der Waals surface area contributed by atoms with Gasteiger partial charge in [-0.05, 0) is 60.9 Å². The first-order chi connectivity index (χ1) is 17.4. The van der Waals surface area contributed by atoms with E-state index in [1.54, 1.807) is 6.20 Å². The van der Waals surface area contributed by atoms with Crippen LogP contribution in [-0.2, 0) is 12.0 Å². The average Bonchev–Trinajstić information content (AvgIpc) is 3.63. The van der Waals surface area contributed by atoms with Crippen molar-refractivity contribution in [1.29, 1.82) is 0 Å². The second-order valence-electron chi connectivity index (χ2n) is 10.2. The Balaban J connectivity index is 1.28. The van der Waals surface area contributed by atoms with Gasteiger partial charge in [-0.2, -0.15) is 0 Å². The molecule has 8 nitrogen and oxygen atoms in total. The Labute approximate surface area is 209 Å². The molecule has 2 aromatic heterocycles. The average molecular weight is 481 g/mol. The molecular weight excluding hydrogens is 452 g/mol. The first kappa shape index (κ1) is 22.4. The topological polar surface area (TPSA) is 105 Å². The van der Waals surface area contributed by atoms with Gasteiger partial charge in [-0.15, -0.1) is 0 Å². The summed E-state index contributed by atoms with van der Waals surface area (Å²) in [5.41, 5.74) is 5.94. The molecule has 0 bridgehead atoms. The summed E-state index contributed by atoms with van der Waals surface area (Å²) in [7, 11) is 0. The van der Waals surface area contributed by atoms with Crippen molar-refractivity contribution in [1.82, 2.24) is 24.8 Å². The van der Waals surface area contributed by atoms with Crippen LogP contribution in [0.2, 0.25) is 0 Å². The van der Waals surface area contributed by atoms with Crippen LogP contribution in [0.4, 0.5) is 11.5 Å². The van der Waals surface area contributed by atoms with E-state index in [-0.39, 0.29) is 17.9 Å². The van der Waals surface area contributed by atoms with Crippen LogP contribution in [0.5, 0.6) is 0 Å². The fourth-order valence-electron chi connectivity index (χ4n) is 4.63. The Bertz CT molecular complexity index is 1450. The first-order valence-corrected chi connectivity index (χ1v) is 12.2. The number of carbonyl (C=O) groups is 1. The maximum Gasteiger partial charge on any atom is 0.251 e. The quantitative estimate of drug-likeness (QED) is 0.376. The minimum absolute atomic E-state index is 0.0563. The zero-order chi connectivity index (χ0) is 24.9. The van der Waals surface area contributed by atoms with Gasteiger partial charge in [0.1, 0.15) is 5.82 Å². The molecule has 0 atom stereocenters. The monoisotopic (exact) mass is 480 g/mol. The second-order valence-corrected chi connectivity index (χ2v) is 10.2. The highest BCUT2D eigenvalue weighted by Crippen LogP contribution is 2.39. The van der Waals surface area contributed by atoms with Crippen LogP contribution in [0.25, 0.3) is 17.1 Å². The summed E-state index contributed by atoms with van der Waals surface area (Å²) < 4.78 is 2.04. The summed E-state index contributed by atoms with van der Waals surface area (Å²) >= 11 is 0. The Hall–Kier alpha value is -4.04. The summed E-state index contributed by atoms with van der Waals surface area (Å²) in [5.74, 6) is 1.66. The summed E-state index contributed by atoms with van der Waals surface area (Å²) in [6, 6.07) is 13.7. The van der Waals surface area contributed by atoms with E-state index in [0.717, 1.165) is 28.2 Å². The zero-order valence-electron chi connectivity index (χ0n) is 20.3. The van der Waals surface area contributed by atoms with Gasteiger partial charge in [-0.3, -0.25) is 4.79 Å². The van der Waals surface area contributed by atoms with Crippen LogP contribution in [0, 0.1) is 0 Å². The number of rotatable bonds is 6. The number of nitrogens with one attached hydrogen (secondary N) is 2. The van der Waals surface area contributed by atoms with E-state index in [1.165, 1.54) is 12.8 Å². The number of fused-ring (bicyclic) bond motifs is 1. The lowest BCUT2D eigenvalue weighted by molar-refractivity contribution is 0.0930. The number of aliphatic hydroxyl groups excluding tert-OH is 1. The van der Waals surface area contributed by atoms with Gasteiger partial charge in [0.25, 0.3) is 5.91 Å². The third kappa shape index (κ3) is 4.13. The summed E-state index contributed by atoms with van der Waals surface area (Å²) in [6.07, 6.45) is 8.07. The van der Waals surface area contributed by atoms with Gasteiger partial charge in [0, 0.05) is 58.3 Å². The number of aliphatic hydroxyl groups is 1. The Morgan fingerprint density at radius 1 is 1.14 bits per heavy atom. The smallest absolute Gasteiger partial charge is 0.251 e. The normalized spacial score (nSPS) is 16.4.